The van der Waals surface area contributed by atoms with Crippen LogP contribution in [-0.2, 0) is 25.5 Å². The van der Waals surface area contributed by atoms with Gasteiger partial charge in [-0.05, 0) is 44.2 Å². The highest BCUT2D eigenvalue weighted by molar-refractivity contribution is 7.92. The number of amides is 2. The fraction of sp³-hybridized carbons (Fsp3) is 0.550. The third-order valence-electron chi connectivity index (χ3n) is 5.77. The Kier molecular flexibility index (Phi) is 6.69. The minimum absolute atomic E-state index is 0.367. The van der Waals surface area contributed by atoms with Crippen LogP contribution >= 0.6 is 0 Å². The zero-order valence-electron chi connectivity index (χ0n) is 17.2. The first-order valence-corrected chi connectivity index (χ1v) is 11.6. The Bertz CT molecular complexity index is 1030. The molecule has 1 heterocycles. The van der Waals surface area contributed by atoms with Gasteiger partial charge in [0.15, 0.2) is 16.0 Å². The monoisotopic (exact) mass is 473 g/mol. The summed E-state index contributed by atoms with van der Waals surface area (Å²) in [6.07, 6.45) is -2.03. The van der Waals surface area contributed by atoms with Crippen LogP contribution in [0.1, 0.15) is 37.7 Å². The molecule has 174 valence electrons. The second-order valence-corrected chi connectivity index (χ2v) is 10.0. The molecule has 0 unspecified atom stereocenters. The lowest BCUT2D eigenvalue weighted by molar-refractivity contribution is -0.140. The minimum Gasteiger partial charge on any atom is -0.446 e. The van der Waals surface area contributed by atoms with Gasteiger partial charge in [0, 0.05) is 13.6 Å². The van der Waals surface area contributed by atoms with E-state index < -0.39 is 62.7 Å². The molecule has 2 aliphatic rings. The van der Waals surface area contributed by atoms with E-state index in [0.29, 0.717) is 23.8 Å². The number of carbonyl (C=O) groups excluding carboxylic acids is 2. The van der Waals surface area contributed by atoms with Crippen LogP contribution < -0.4 is 0 Å². The molecule has 1 saturated heterocycles. The number of benzene rings is 1. The van der Waals surface area contributed by atoms with Crippen LogP contribution in [0.25, 0.3) is 0 Å². The number of likely N-dealkylation sites (N-methyl/N-ethyl adjacent to an activating group) is 1. The molecular formula is C20H22F3N3O5S. The molecule has 0 N–H and O–H groups in total. The molecule has 1 aromatic rings. The summed E-state index contributed by atoms with van der Waals surface area (Å²) in [5.74, 6) is -0.835. The Balaban J connectivity index is 1.93. The number of halogens is 3. The smallest absolute Gasteiger partial charge is 0.417 e. The van der Waals surface area contributed by atoms with E-state index >= 15 is 0 Å². The summed E-state index contributed by atoms with van der Waals surface area (Å²) in [5.41, 5.74) is -1.32. The molecule has 2 atom stereocenters. The Morgan fingerprint density at radius 3 is 2.44 bits per heavy atom. The average Bonchev–Trinajstić information content (AvgIpc) is 3.42. The lowest BCUT2D eigenvalue weighted by Crippen LogP contribution is -2.46. The maximum Gasteiger partial charge on any atom is 0.417 e. The van der Waals surface area contributed by atoms with Crippen molar-refractivity contribution in [2.75, 3.05) is 13.6 Å². The van der Waals surface area contributed by atoms with Gasteiger partial charge in [-0.3, -0.25) is 14.6 Å². The van der Waals surface area contributed by atoms with Gasteiger partial charge in [0.2, 0.25) is 0 Å². The molecule has 0 bridgehead atoms. The SMILES string of the molecule is CN(C#N)C(=O)[C@@H]1C[C@@H](S(=O)(=O)c2ccccc2C(F)(F)F)CN1C(=O)OC1CCCC1. The van der Waals surface area contributed by atoms with Gasteiger partial charge in [-0.2, -0.15) is 18.4 Å². The largest absolute Gasteiger partial charge is 0.446 e. The molecular weight excluding hydrogens is 451 g/mol. The average molecular weight is 473 g/mol. The van der Waals surface area contributed by atoms with Gasteiger partial charge in [-0.1, -0.05) is 12.1 Å². The normalized spacial score (nSPS) is 21.9. The van der Waals surface area contributed by atoms with Gasteiger partial charge in [-0.25, -0.2) is 13.2 Å². The van der Waals surface area contributed by atoms with Crippen LogP contribution in [-0.4, -0.2) is 61.2 Å². The predicted molar refractivity (Wildman–Crippen MR) is 105 cm³/mol. The summed E-state index contributed by atoms with van der Waals surface area (Å²) in [6, 6.07) is 2.44. The number of rotatable bonds is 4. The number of carbonyl (C=O) groups is 2. The van der Waals surface area contributed by atoms with Gasteiger partial charge < -0.3 is 4.74 Å². The van der Waals surface area contributed by atoms with Gasteiger partial charge in [0.25, 0.3) is 5.91 Å². The van der Waals surface area contributed by atoms with Crippen molar-refractivity contribution in [2.45, 2.75) is 60.6 Å². The first kappa shape index (κ1) is 23.8. The summed E-state index contributed by atoms with van der Waals surface area (Å²) in [4.78, 5) is 26.0. The van der Waals surface area contributed by atoms with Gasteiger partial charge >= 0.3 is 12.3 Å². The minimum atomic E-state index is -4.90. The van der Waals surface area contributed by atoms with E-state index in [0.717, 1.165) is 36.9 Å². The summed E-state index contributed by atoms with van der Waals surface area (Å²) in [7, 11) is -3.41. The maximum absolute atomic E-state index is 13.4. The molecule has 3 rings (SSSR count). The fourth-order valence-corrected chi connectivity index (χ4v) is 5.99. The lowest BCUT2D eigenvalue weighted by Gasteiger charge is -2.25. The highest BCUT2D eigenvalue weighted by Crippen LogP contribution is 2.38. The Morgan fingerprint density at radius 1 is 1.22 bits per heavy atom. The Morgan fingerprint density at radius 2 is 1.84 bits per heavy atom. The van der Waals surface area contributed by atoms with E-state index in [9.17, 15) is 31.2 Å². The molecule has 1 aliphatic carbocycles. The highest BCUT2D eigenvalue weighted by Gasteiger charge is 2.49. The van der Waals surface area contributed by atoms with Crippen molar-refractivity contribution >= 4 is 21.8 Å². The van der Waals surface area contributed by atoms with E-state index in [-0.39, 0.29) is 6.10 Å². The molecule has 0 spiro atoms. The molecule has 0 aromatic heterocycles. The second kappa shape index (κ2) is 8.97. The number of sulfone groups is 1. The number of nitrogens with zero attached hydrogens (tertiary/aromatic N) is 3. The van der Waals surface area contributed by atoms with Crippen LogP contribution in [0.3, 0.4) is 0 Å². The van der Waals surface area contributed by atoms with Gasteiger partial charge in [-0.15, -0.1) is 0 Å². The number of hydrogen-bond acceptors (Lipinski definition) is 6. The molecule has 32 heavy (non-hydrogen) atoms. The van der Waals surface area contributed by atoms with Crippen LogP contribution in [0.4, 0.5) is 18.0 Å². The molecule has 12 heteroatoms. The summed E-state index contributed by atoms with van der Waals surface area (Å²) < 4.78 is 71.9. The van der Waals surface area contributed by atoms with E-state index in [1.807, 2.05) is 0 Å². The zero-order valence-corrected chi connectivity index (χ0v) is 18.0. The number of hydrogen-bond donors (Lipinski definition) is 0. The van der Waals surface area contributed by atoms with Crippen molar-refractivity contribution in [3.8, 4) is 6.19 Å². The van der Waals surface area contributed by atoms with Crippen LogP contribution in [0, 0.1) is 11.5 Å². The lowest BCUT2D eigenvalue weighted by atomic mass is 10.2. The predicted octanol–water partition coefficient (Wildman–Crippen LogP) is 2.94. The fourth-order valence-electron chi connectivity index (χ4n) is 4.08. The first-order valence-electron chi connectivity index (χ1n) is 10.0. The quantitative estimate of drug-likeness (QED) is 0.492. The zero-order chi connectivity index (χ0) is 23.7. The molecule has 1 aliphatic heterocycles. The third kappa shape index (κ3) is 4.67. The van der Waals surface area contributed by atoms with Gasteiger partial charge in [0.1, 0.15) is 12.1 Å². The number of likely N-dealkylation sites (tertiary alicyclic amines) is 1. The van der Waals surface area contributed by atoms with Gasteiger partial charge in [0.05, 0.1) is 15.7 Å². The van der Waals surface area contributed by atoms with Crippen molar-refractivity contribution < 1.29 is 35.9 Å². The molecule has 0 radical (unpaired) electrons. The summed E-state index contributed by atoms with van der Waals surface area (Å²) >= 11 is 0. The summed E-state index contributed by atoms with van der Waals surface area (Å²) in [5, 5.41) is 7.56. The Labute approximate surface area is 183 Å². The topological polar surface area (TPSA) is 108 Å². The number of ether oxygens (including phenoxy) is 1. The van der Waals surface area contributed by atoms with E-state index in [1.165, 1.54) is 6.07 Å². The van der Waals surface area contributed by atoms with E-state index in [4.69, 9.17) is 10.00 Å². The molecule has 2 fully saturated rings. The molecule has 8 nitrogen and oxygen atoms in total. The van der Waals surface area contributed by atoms with E-state index in [1.54, 1.807) is 6.19 Å². The van der Waals surface area contributed by atoms with Crippen LogP contribution in [0.5, 0.6) is 0 Å². The summed E-state index contributed by atoms with van der Waals surface area (Å²) in [6.45, 7) is -0.518. The van der Waals surface area contributed by atoms with Crippen LogP contribution in [0.15, 0.2) is 29.2 Å². The standard InChI is InChI=1S/C20H22F3N3O5S/c1-25(12-24)18(27)16-10-14(11-26(16)19(28)31-13-6-2-3-7-13)32(29,30)17-9-5-4-8-15(17)20(21,22)23/h4-5,8-9,13-14,16H,2-3,6-7,10-11H2,1H3/t14-,16+/m1/s1. The molecule has 1 aromatic carbocycles. The van der Waals surface area contributed by atoms with E-state index in [2.05, 4.69) is 0 Å². The van der Waals surface area contributed by atoms with Crippen molar-refractivity contribution in [1.29, 1.82) is 5.26 Å². The molecule has 1 saturated carbocycles. The van der Waals surface area contributed by atoms with Crippen molar-refractivity contribution in [3.63, 3.8) is 0 Å². The highest BCUT2D eigenvalue weighted by atomic mass is 32.2. The number of nitriles is 1. The maximum atomic E-state index is 13.4. The van der Waals surface area contributed by atoms with Crippen LogP contribution in [0.2, 0.25) is 0 Å². The first-order chi connectivity index (χ1) is 15.0. The number of alkyl halides is 3. The van der Waals surface area contributed by atoms with Crippen molar-refractivity contribution in [2.24, 2.45) is 0 Å². The second-order valence-electron chi connectivity index (χ2n) is 7.85. The van der Waals surface area contributed by atoms with Crippen molar-refractivity contribution in [3.05, 3.63) is 29.8 Å². The molecule has 2 amide bonds. The Hall–Kier alpha value is -2.81. The van der Waals surface area contributed by atoms with Crippen molar-refractivity contribution in [1.82, 2.24) is 9.80 Å². The third-order valence-corrected chi connectivity index (χ3v) is 7.96.